The number of imidazole rings is 1. The molecule has 0 bridgehead atoms. The van der Waals surface area contributed by atoms with E-state index in [-0.39, 0.29) is 36.3 Å². The van der Waals surface area contributed by atoms with E-state index in [1.807, 2.05) is 28.8 Å². The van der Waals surface area contributed by atoms with Gasteiger partial charge >= 0.3 is 0 Å². The van der Waals surface area contributed by atoms with Crippen LogP contribution in [0, 0.1) is 11.7 Å². The second-order valence-corrected chi connectivity index (χ2v) is 8.30. The number of nitrogens with zero attached hydrogens (tertiary/aromatic N) is 3. The van der Waals surface area contributed by atoms with Gasteiger partial charge in [0.2, 0.25) is 5.91 Å². The fourth-order valence-corrected chi connectivity index (χ4v) is 4.03. The van der Waals surface area contributed by atoms with Crippen molar-refractivity contribution in [2.24, 2.45) is 5.92 Å². The fraction of sp³-hybridized carbons (Fsp3) is 0.167. The van der Waals surface area contributed by atoms with Crippen LogP contribution in [0.2, 0.25) is 5.02 Å². The van der Waals surface area contributed by atoms with E-state index in [9.17, 15) is 14.0 Å². The Bertz CT molecular complexity index is 1360. The molecule has 160 valence electrons. The second kappa shape index (κ2) is 8.16. The van der Waals surface area contributed by atoms with Crippen LogP contribution in [-0.4, -0.2) is 26.2 Å². The maximum absolute atomic E-state index is 13.6. The Morgan fingerprint density at radius 3 is 2.78 bits per heavy atom. The predicted molar refractivity (Wildman–Crippen MR) is 120 cm³/mol. The number of hydrogen-bond acceptors (Lipinski definition) is 4. The highest BCUT2D eigenvalue weighted by atomic mass is 35.5. The van der Waals surface area contributed by atoms with E-state index in [1.165, 1.54) is 18.3 Å². The van der Waals surface area contributed by atoms with Gasteiger partial charge in [-0.05, 0) is 41.5 Å². The highest BCUT2D eigenvalue weighted by Crippen LogP contribution is 2.32. The summed E-state index contributed by atoms with van der Waals surface area (Å²) >= 11 is 6.42. The number of hydrogen-bond donors (Lipinski definition) is 1. The number of pyridine rings is 1. The highest BCUT2D eigenvalue weighted by molar-refractivity contribution is 6.33. The molecule has 0 spiro atoms. The molecule has 2 aromatic carbocycles. The van der Waals surface area contributed by atoms with Crippen LogP contribution in [0.3, 0.4) is 0 Å². The molecule has 0 saturated heterocycles. The summed E-state index contributed by atoms with van der Waals surface area (Å²) in [7, 11) is 0. The van der Waals surface area contributed by atoms with Crippen molar-refractivity contribution in [2.45, 2.75) is 19.4 Å². The van der Waals surface area contributed by atoms with Crippen molar-refractivity contribution in [3.63, 3.8) is 0 Å². The first-order valence-electron chi connectivity index (χ1n) is 10.1. The first-order chi connectivity index (χ1) is 15.5. The number of nitrogens with one attached hydrogen (secondary N) is 1. The third-order valence-corrected chi connectivity index (χ3v) is 5.90. The van der Waals surface area contributed by atoms with E-state index in [0.717, 1.165) is 22.2 Å². The van der Waals surface area contributed by atoms with Crippen LogP contribution < -0.4 is 5.32 Å². The minimum absolute atomic E-state index is 0.0954. The standard InChI is InChI=1S/C24H18ClFN4O2/c25-20-11-27-23(29-24(32)16-7-18(31)8-16)10-19(20)15-4-5-21-22(9-15)30(13-28-21)12-14-2-1-3-17(26)6-14/h1-6,9-11,13,16H,7-8,12H2,(H,27,29,32). The first-order valence-corrected chi connectivity index (χ1v) is 10.5. The van der Waals surface area contributed by atoms with Gasteiger partial charge in [-0.15, -0.1) is 0 Å². The summed E-state index contributed by atoms with van der Waals surface area (Å²) in [5.41, 5.74) is 4.05. The third-order valence-electron chi connectivity index (χ3n) is 5.60. The molecular weight excluding hydrogens is 431 g/mol. The summed E-state index contributed by atoms with van der Waals surface area (Å²) in [5.74, 6) is -0.317. The normalized spacial score (nSPS) is 13.9. The lowest BCUT2D eigenvalue weighted by Crippen LogP contribution is -2.34. The lowest BCUT2D eigenvalue weighted by Gasteiger charge is -2.22. The van der Waals surface area contributed by atoms with Crippen molar-refractivity contribution in [1.29, 1.82) is 0 Å². The van der Waals surface area contributed by atoms with Gasteiger partial charge in [-0.2, -0.15) is 0 Å². The Morgan fingerprint density at radius 1 is 1.16 bits per heavy atom. The molecular formula is C24H18ClFN4O2. The molecule has 6 nitrogen and oxygen atoms in total. The van der Waals surface area contributed by atoms with E-state index >= 15 is 0 Å². The number of anilines is 1. The lowest BCUT2D eigenvalue weighted by molar-refractivity contribution is -0.135. The molecule has 2 heterocycles. The second-order valence-electron chi connectivity index (χ2n) is 7.89. The van der Waals surface area contributed by atoms with E-state index < -0.39 is 0 Å². The van der Waals surface area contributed by atoms with Gasteiger partial charge in [0.05, 0.1) is 28.3 Å². The number of benzene rings is 2. The average Bonchev–Trinajstić information content (AvgIpc) is 3.15. The van der Waals surface area contributed by atoms with Crippen molar-refractivity contribution in [3.05, 3.63) is 77.5 Å². The molecule has 0 atom stereocenters. The first kappa shape index (κ1) is 20.3. The minimum atomic E-state index is -0.294. The van der Waals surface area contributed by atoms with Crippen LogP contribution >= 0.6 is 11.6 Å². The summed E-state index contributed by atoms with van der Waals surface area (Å²) < 4.78 is 15.5. The number of rotatable bonds is 5. The number of carbonyl (C=O) groups excluding carboxylic acids is 2. The molecule has 1 aliphatic carbocycles. The van der Waals surface area contributed by atoms with E-state index in [4.69, 9.17) is 11.6 Å². The maximum Gasteiger partial charge on any atom is 0.229 e. The number of ketones is 1. The largest absolute Gasteiger partial charge is 0.326 e. The van der Waals surface area contributed by atoms with Gasteiger partial charge in [-0.3, -0.25) is 9.59 Å². The molecule has 0 radical (unpaired) electrons. The van der Waals surface area contributed by atoms with Crippen LogP contribution in [0.1, 0.15) is 18.4 Å². The minimum Gasteiger partial charge on any atom is -0.326 e. The maximum atomic E-state index is 13.6. The number of aromatic nitrogens is 3. The zero-order chi connectivity index (χ0) is 22.2. The van der Waals surface area contributed by atoms with Crippen LogP contribution in [0.5, 0.6) is 0 Å². The van der Waals surface area contributed by atoms with Crippen LogP contribution in [0.25, 0.3) is 22.2 Å². The van der Waals surface area contributed by atoms with Gasteiger partial charge in [0.25, 0.3) is 0 Å². The Hall–Kier alpha value is -3.58. The molecule has 1 amide bonds. The van der Waals surface area contributed by atoms with E-state index in [0.29, 0.717) is 22.9 Å². The number of carbonyl (C=O) groups is 2. The number of amides is 1. The quantitative estimate of drug-likeness (QED) is 0.473. The monoisotopic (exact) mass is 448 g/mol. The SMILES string of the molecule is O=C1CC(C(=O)Nc2cc(-c3ccc4ncn(Cc5cccc(F)c5)c4c3)c(Cl)cn2)C1. The molecule has 5 rings (SSSR count). The van der Waals surface area contributed by atoms with Gasteiger partial charge in [0, 0.05) is 31.1 Å². The summed E-state index contributed by atoms with van der Waals surface area (Å²) in [4.78, 5) is 32.1. The summed E-state index contributed by atoms with van der Waals surface area (Å²) in [6.45, 7) is 0.475. The van der Waals surface area contributed by atoms with Gasteiger partial charge in [-0.1, -0.05) is 29.8 Å². The van der Waals surface area contributed by atoms with Crippen molar-refractivity contribution >= 4 is 40.1 Å². The number of halogens is 2. The molecule has 1 aliphatic rings. The Kier molecular flexibility index (Phi) is 5.19. The molecule has 32 heavy (non-hydrogen) atoms. The Labute approximate surface area is 188 Å². The molecule has 4 aromatic rings. The summed E-state index contributed by atoms with van der Waals surface area (Å²) in [5, 5.41) is 3.21. The van der Waals surface area contributed by atoms with Crippen LogP contribution in [0.4, 0.5) is 10.2 Å². The van der Waals surface area contributed by atoms with Crippen molar-refractivity contribution in [1.82, 2.24) is 14.5 Å². The van der Waals surface area contributed by atoms with Gasteiger partial charge in [-0.25, -0.2) is 14.4 Å². The molecule has 1 saturated carbocycles. The number of fused-ring (bicyclic) bond motifs is 1. The Balaban J connectivity index is 1.45. The topological polar surface area (TPSA) is 76.9 Å². The summed E-state index contributed by atoms with van der Waals surface area (Å²) in [6, 6.07) is 13.9. The zero-order valence-electron chi connectivity index (χ0n) is 16.9. The molecule has 1 N–H and O–H groups in total. The van der Waals surface area contributed by atoms with Gasteiger partial charge in [0.15, 0.2) is 0 Å². The molecule has 2 aromatic heterocycles. The van der Waals surface area contributed by atoms with Crippen molar-refractivity contribution in [2.75, 3.05) is 5.32 Å². The van der Waals surface area contributed by atoms with Gasteiger partial charge < -0.3 is 9.88 Å². The van der Waals surface area contributed by atoms with Crippen molar-refractivity contribution in [3.8, 4) is 11.1 Å². The lowest BCUT2D eigenvalue weighted by atomic mass is 9.83. The van der Waals surface area contributed by atoms with Crippen LogP contribution in [0.15, 0.2) is 61.1 Å². The fourth-order valence-electron chi connectivity index (χ4n) is 3.81. The van der Waals surface area contributed by atoms with E-state index in [2.05, 4.69) is 15.3 Å². The molecule has 0 unspecified atom stereocenters. The third kappa shape index (κ3) is 3.99. The van der Waals surface area contributed by atoms with E-state index in [1.54, 1.807) is 18.5 Å². The van der Waals surface area contributed by atoms with Gasteiger partial charge in [0.1, 0.15) is 17.4 Å². The highest BCUT2D eigenvalue weighted by Gasteiger charge is 2.32. The smallest absolute Gasteiger partial charge is 0.229 e. The summed E-state index contributed by atoms with van der Waals surface area (Å²) in [6.07, 6.45) is 3.77. The number of Topliss-reactive ketones (excluding diaryl/α,β-unsaturated/α-hetero) is 1. The zero-order valence-corrected chi connectivity index (χ0v) is 17.6. The molecule has 1 fully saturated rings. The molecule has 8 heteroatoms. The predicted octanol–water partition coefficient (Wildman–Crippen LogP) is 4.86. The average molecular weight is 449 g/mol. The molecule has 0 aliphatic heterocycles. The van der Waals surface area contributed by atoms with Crippen LogP contribution in [-0.2, 0) is 16.1 Å². The van der Waals surface area contributed by atoms with Crippen molar-refractivity contribution < 1.29 is 14.0 Å². The Morgan fingerprint density at radius 2 is 2.00 bits per heavy atom.